The van der Waals surface area contributed by atoms with E-state index in [2.05, 4.69) is 27.4 Å². The fourth-order valence-electron chi connectivity index (χ4n) is 4.56. The van der Waals surface area contributed by atoms with Crippen LogP contribution in [0.5, 0.6) is 0 Å². The molecule has 1 unspecified atom stereocenters. The van der Waals surface area contributed by atoms with Crippen LogP contribution in [-0.4, -0.2) is 52.8 Å². The molecule has 2 saturated heterocycles. The van der Waals surface area contributed by atoms with Gasteiger partial charge in [0.2, 0.25) is 0 Å². The van der Waals surface area contributed by atoms with Gasteiger partial charge in [-0.3, -0.25) is 5.32 Å². The van der Waals surface area contributed by atoms with Gasteiger partial charge in [0.15, 0.2) is 0 Å². The molecule has 1 aromatic rings. The molecule has 4 aliphatic rings. The number of nitrogens with one attached hydrogen (secondary N) is 2. The van der Waals surface area contributed by atoms with Gasteiger partial charge in [-0.2, -0.15) is 0 Å². The number of fused-ring (bicyclic) bond motifs is 1. The van der Waals surface area contributed by atoms with E-state index in [9.17, 15) is 4.79 Å². The first-order valence-corrected chi connectivity index (χ1v) is 13.6. The third-order valence-corrected chi connectivity index (χ3v) is 8.87. The summed E-state index contributed by atoms with van der Waals surface area (Å²) in [5.74, 6) is 1.69. The first-order valence-electron chi connectivity index (χ1n) is 11.2. The van der Waals surface area contributed by atoms with Crippen LogP contribution >= 0.6 is 20.7 Å². The Morgan fingerprint density at radius 2 is 2.12 bits per heavy atom. The van der Waals surface area contributed by atoms with Gasteiger partial charge in [0.1, 0.15) is 23.4 Å². The van der Waals surface area contributed by atoms with E-state index in [1.54, 1.807) is 13.8 Å². The smallest absolute Gasteiger partial charge is 0.413 e. The molecule has 0 spiro atoms. The van der Waals surface area contributed by atoms with E-state index >= 15 is 4.39 Å². The number of alkyl halides is 1. The summed E-state index contributed by atoms with van der Waals surface area (Å²) >= 11 is -0.594. The number of carbonyl (C=O) groups is 1. The highest BCUT2D eigenvalue weighted by atomic mass is 127. The summed E-state index contributed by atoms with van der Waals surface area (Å²) in [6.07, 6.45) is 2.49. The molecule has 3 fully saturated rings. The van der Waals surface area contributed by atoms with Crippen molar-refractivity contribution in [2.75, 3.05) is 24.5 Å². The van der Waals surface area contributed by atoms with Crippen LogP contribution in [-0.2, 0) is 10.4 Å². The minimum absolute atomic E-state index is 0.300. The zero-order chi connectivity index (χ0) is 22.5. The summed E-state index contributed by atoms with van der Waals surface area (Å²) in [7, 11) is 0. The van der Waals surface area contributed by atoms with Crippen LogP contribution in [0.1, 0.15) is 51.3 Å². The number of alkyl carbamates (subject to hydrolysis) is 1. The van der Waals surface area contributed by atoms with Crippen molar-refractivity contribution in [2.45, 2.75) is 57.8 Å². The van der Waals surface area contributed by atoms with E-state index in [1.165, 1.54) is 0 Å². The lowest BCUT2D eigenvalue weighted by molar-refractivity contribution is 0.0555. The number of amidine groups is 1. The molecule has 1 amide bonds. The number of anilines is 1. The lowest BCUT2D eigenvalue weighted by Crippen LogP contribution is -2.50. The van der Waals surface area contributed by atoms with E-state index in [-0.39, 0.29) is 6.10 Å². The number of halogens is 2. The first-order chi connectivity index (χ1) is 15.3. The number of hydrogen-bond donors (Lipinski definition) is 2. The monoisotopic (exact) mass is 553 g/mol. The van der Waals surface area contributed by atoms with E-state index in [0.717, 1.165) is 59.6 Å². The van der Waals surface area contributed by atoms with Crippen molar-refractivity contribution in [3.63, 3.8) is 0 Å². The zero-order valence-corrected chi connectivity index (χ0v) is 20.8. The molecule has 172 valence electrons. The molecule has 2 N–H and O–H groups in total. The average Bonchev–Trinajstić information content (AvgIpc) is 2.71. The van der Waals surface area contributed by atoms with E-state index < -0.39 is 32.5 Å². The molecule has 32 heavy (non-hydrogen) atoms. The number of cyclic esters (lactones) is 1. The van der Waals surface area contributed by atoms with E-state index in [1.807, 2.05) is 16.3 Å². The standard InChI is InChI=1S/C23H29FIN5O2/c1-13-11-30(8-7-26-13)17-10-15(23(2,3)24)9-16(28-17)19-18-20(14-5-4-6-14)32-22(31)29-21(18)27-12-25-19/h9-10,12-14,20,26H,4-8,11H2,1-3H3,(H,27,29,31)/t13-,20?/m0/s1. The number of amides is 1. The van der Waals surface area contributed by atoms with Crippen LogP contribution in [0, 0.1) is 5.92 Å². The van der Waals surface area contributed by atoms with Crippen LogP contribution in [0.15, 0.2) is 22.7 Å². The molecule has 0 radical (unpaired) electrons. The van der Waals surface area contributed by atoms with Crippen molar-refractivity contribution in [1.29, 1.82) is 0 Å². The molecular weight excluding hydrogens is 524 g/mol. The second-order valence-corrected chi connectivity index (χ2v) is 11.7. The molecule has 2 atom stereocenters. The van der Waals surface area contributed by atoms with Crippen LogP contribution in [0.25, 0.3) is 3.58 Å². The molecule has 1 saturated carbocycles. The highest BCUT2D eigenvalue weighted by Gasteiger charge is 2.41. The second-order valence-electron chi connectivity index (χ2n) is 9.43. The maximum atomic E-state index is 15.2. The minimum Gasteiger partial charge on any atom is -0.441 e. The maximum Gasteiger partial charge on any atom is 0.413 e. The summed E-state index contributed by atoms with van der Waals surface area (Å²) in [4.78, 5) is 23.9. The lowest BCUT2D eigenvalue weighted by atomic mass is 9.77. The minimum atomic E-state index is -1.49. The van der Waals surface area contributed by atoms with Crippen LogP contribution < -0.4 is 15.5 Å². The van der Waals surface area contributed by atoms with Gasteiger partial charge in [-0.25, -0.2) is 19.2 Å². The Hall–Kier alpha value is -1.88. The number of hydrogen-bond acceptors (Lipinski definition) is 6. The SMILES string of the molecule is C[C@H]1CN(c2cc(C(C)(C)F)cc(C3=C4C(=NC=I3)NC(=O)OC4C3CCC3)n2)CCN1. The normalized spacial score (nSPS) is 26.4. The highest BCUT2D eigenvalue weighted by Crippen LogP contribution is 2.43. The molecule has 1 aliphatic carbocycles. The number of carbonyl (C=O) groups excluding carboxylic acids is 1. The Kier molecular flexibility index (Phi) is 5.81. The van der Waals surface area contributed by atoms with Crippen molar-refractivity contribution in [3.05, 3.63) is 29.0 Å². The molecule has 3 aliphatic heterocycles. The Morgan fingerprint density at radius 3 is 2.81 bits per heavy atom. The van der Waals surface area contributed by atoms with Gasteiger partial charge in [-0.15, -0.1) is 0 Å². The third kappa shape index (κ3) is 4.21. The number of pyridine rings is 1. The second kappa shape index (κ2) is 8.48. The molecule has 4 heterocycles. The van der Waals surface area contributed by atoms with Crippen molar-refractivity contribution in [2.24, 2.45) is 10.9 Å². The van der Waals surface area contributed by atoms with Gasteiger partial charge in [0, 0.05) is 35.2 Å². The topological polar surface area (TPSA) is 78.9 Å². The fourth-order valence-corrected chi connectivity index (χ4v) is 6.75. The highest BCUT2D eigenvalue weighted by molar-refractivity contribution is 14.2. The van der Waals surface area contributed by atoms with Gasteiger partial charge in [0.25, 0.3) is 0 Å². The Bertz CT molecular complexity index is 1030. The summed E-state index contributed by atoms with van der Waals surface area (Å²) in [5, 5.41) is 6.23. The number of rotatable bonds is 4. The fraction of sp³-hybridized carbons (Fsp3) is 0.565. The van der Waals surface area contributed by atoms with Crippen molar-refractivity contribution < 1.29 is 13.9 Å². The Labute approximate surface area is 197 Å². The summed E-state index contributed by atoms with van der Waals surface area (Å²) in [6.45, 7) is 7.85. The number of aliphatic imine (C=N–C) groups is 1. The predicted molar refractivity (Wildman–Crippen MR) is 133 cm³/mol. The molecule has 1 aromatic heterocycles. The maximum absolute atomic E-state index is 15.2. The largest absolute Gasteiger partial charge is 0.441 e. The first kappa shape index (κ1) is 21.9. The Balaban J connectivity index is 1.63. The molecule has 9 heteroatoms. The van der Waals surface area contributed by atoms with Gasteiger partial charge < -0.3 is 15.0 Å². The zero-order valence-electron chi connectivity index (χ0n) is 18.6. The number of ether oxygens (including phenoxy) is 1. The quantitative estimate of drug-likeness (QED) is 0.555. The van der Waals surface area contributed by atoms with Crippen molar-refractivity contribution >= 4 is 46.2 Å². The van der Waals surface area contributed by atoms with Gasteiger partial charge >= 0.3 is 6.09 Å². The van der Waals surface area contributed by atoms with E-state index in [0.29, 0.717) is 23.4 Å². The molecule has 0 bridgehead atoms. The van der Waals surface area contributed by atoms with Gasteiger partial charge in [-0.1, -0.05) is 27.2 Å². The summed E-state index contributed by atoms with van der Waals surface area (Å²) in [5.41, 5.74) is 0.858. The number of aromatic nitrogens is 1. The van der Waals surface area contributed by atoms with Gasteiger partial charge in [0.05, 0.1) is 15.4 Å². The van der Waals surface area contributed by atoms with Crippen LogP contribution in [0.3, 0.4) is 0 Å². The molecule has 7 nitrogen and oxygen atoms in total. The van der Waals surface area contributed by atoms with Crippen molar-refractivity contribution in [3.8, 4) is 0 Å². The van der Waals surface area contributed by atoms with Crippen LogP contribution in [0.2, 0.25) is 0 Å². The predicted octanol–water partition coefficient (Wildman–Crippen LogP) is 3.85. The number of nitrogens with zero attached hydrogens (tertiary/aromatic N) is 3. The van der Waals surface area contributed by atoms with E-state index in [4.69, 9.17) is 9.72 Å². The summed E-state index contributed by atoms with van der Waals surface area (Å²) in [6, 6.07) is 4.11. The number of piperazine rings is 1. The lowest BCUT2D eigenvalue weighted by Gasteiger charge is -2.39. The average molecular weight is 553 g/mol. The third-order valence-electron chi connectivity index (χ3n) is 6.56. The van der Waals surface area contributed by atoms with Crippen LogP contribution in [0.4, 0.5) is 15.0 Å². The molecular formula is C23H29FIN5O2. The molecule has 0 aromatic carbocycles. The molecule has 5 rings (SSSR count). The Morgan fingerprint density at radius 1 is 1.31 bits per heavy atom. The summed E-state index contributed by atoms with van der Waals surface area (Å²) < 4.78 is 23.9. The van der Waals surface area contributed by atoms with Crippen molar-refractivity contribution in [1.82, 2.24) is 15.6 Å². The van der Waals surface area contributed by atoms with Gasteiger partial charge in [-0.05, 0) is 51.3 Å².